The van der Waals surface area contributed by atoms with Crippen LogP contribution in [0.5, 0.6) is 0 Å². The molecule has 0 fully saturated rings. The van der Waals surface area contributed by atoms with Crippen molar-refractivity contribution in [1.29, 1.82) is 5.26 Å². The van der Waals surface area contributed by atoms with Gasteiger partial charge in [0.05, 0.1) is 26.6 Å². The fourth-order valence-electron chi connectivity index (χ4n) is 2.55. The SMILES string of the molecule is CCNc1nc(Cl)nc(NC(C)(C)C#N)n1.Nc1c([N+](=O)[O-])cnn1-c1c(Cl)cc(C(F)(F)F)cc1Cl. The second-order valence-corrected chi connectivity index (χ2v) is 8.67. The molecule has 0 saturated heterocycles. The molecule has 0 saturated carbocycles. The van der Waals surface area contributed by atoms with E-state index in [4.69, 9.17) is 45.8 Å². The third-order valence-electron chi connectivity index (χ3n) is 4.19. The van der Waals surface area contributed by atoms with Crippen molar-refractivity contribution in [2.24, 2.45) is 0 Å². The van der Waals surface area contributed by atoms with Crippen molar-refractivity contribution >= 4 is 58.2 Å². The smallest absolute Gasteiger partial charge is 0.378 e. The molecule has 12 nitrogen and oxygen atoms in total. The summed E-state index contributed by atoms with van der Waals surface area (Å²) in [5.41, 5.74) is 3.03. The fraction of sp³-hybridized carbons (Fsp3) is 0.316. The first-order valence-corrected chi connectivity index (χ1v) is 11.1. The van der Waals surface area contributed by atoms with Gasteiger partial charge >= 0.3 is 11.9 Å². The number of alkyl halides is 3. The third kappa shape index (κ3) is 7.68. The molecule has 0 aliphatic carbocycles. The zero-order valence-corrected chi connectivity index (χ0v) is 21.5. The molecule has 18 heteroatoms. The number of benzene rings is 1. The number of anilines is 3. The Morgan fingerprint density at radius 1 is 1.16 bits per heavy atom. The molecule has 4 N–H and O–H groups in total. The molecule has 1 aromatic carbocycles. The lowest BCUT2D eigenvalue weighted by Crippen LogP contribution is -2.29. The van der Waals surface area contributed by atoms with Gasteiger partial charge in [0.2, 0.25) is 23.0 Å². The van der Waals surface area contributed by atoms with Gasteiger partial charge in [0, 0.05) is 6.54 Å². The minimum Gasteiger partial charge on any atom is -0.378 e. The van der Waals surface area contributed by atoms with Gasteiger partial charge in [-0.05, 0) is 44.5 Å². The van der Waals surface area contributed by atoms with Crippen LogP contribution in [0.15, 0.2) is 18.3 Å². The number of aromatic nitrogens is 5. The molecule has 2 aromatic heterocycles. The molecule has 0 aliphatic rings. The monoisotopic (exact) mass is 580 g/mol. The van der Waals surface area contributed by atoms with Crippen LogP contribution in [0.3, 0.4) is 0 Å². The summed E-state index contributed by atoms with van der Waals surface area (Å²) in [4.78, 5) is 21.7. The Kier molecular flexibility index (Phi) is 9.31. The first-order valence-electron chi connectivity index (χ1n) is 9.99. The molecule has 0 spiro atoms. The van der Waals surface area contributed by atoms with Gasteiger partial charge in [-0.15, -0.1) is 0 Å². The molecule has 0 bridgehead atoms. The van der Waals surface area contributed by atoms with Gasteiger partial charge < -0.3 is 16.4 Å². The number of nitrogens with zero attached hydrogens (tertiary/aromatic N) is 7. The van der Waals surface area contributed by atoms with E-state index in [9.17, 15) is 23.3 Å². The molecule has 0 amide bonds. The van der Waals surface area contributed by atoms with Crippen LogP contribution in [0, 0.1) is 21.4 Å². The molecule has 2 heterocycles. The van der Waals surface area contributed by atoms with E-state index in [-0.39, 0.29) is 27.0 Å². The highest BCUT2D eigenvalue weighted by Crippen LogP contribution is 2.38. The zero-order chi connectivity index (χ0) is 28.1. The van der Waals surface area contributed by atoms with Crippen LogP contribution < -0.4 is 16.4 Å². The van der Waals surface area contributed by atoms with E-state index in [1.54, 1.807) is 13.8 Å². The fourth-order valence-corrected chi connectivity index (χ4v) is 3.36. The molecule has 0 aliphatic heterocycles. The molecule has 3 rings (SSSR count). The lowest BCUT2D eigenvalue weighted by Gasteiger charge is -2.17. The van der Waals surface area contributed by atoms with Crippen LogP contribution in [0.25, 0.3) is 5.69 Å². The number of nitrogens with two attached hydrogens (primary N) is 1. The first kappa shape index (κ1) is 29.6. The molecule has 37 heavy (non-hydrogen) atoms. The Morgan fingerprint density at radius 3 is 2.19 bits per heavy atom. The van der Waals surface area contributed by atoms with Crippen molar-refractivity contribution in [3.63, 3.8) is 0 Å². The van der Waals surface area contributed by atoms with Crippen molar-refractivity contribution < 1.29 is 18.1 Å². The summed E-state index contributed by atoms with van der Waals surface area (Å²) in [5, 5.41) is 28.3. The Balaban J connectivity index is 0.000000271. The largest absolute Gasteiger partial charge is 0.416 e. The van der Waals surface area contributed by atoms with Gasteiger partial charge in [0.15, 0.2) is 0 Å². The number of rotatable bonds is 6. The van der Waals surface area contributed by atoms with Crippen LogP contribution in [-0.4, -0.2) is 41.7 Å². The van der Waals surface area contributed by atoms with E-state index in [2.05, 4.69) is 36.8 Å². The van der Waals surface area contributed by atoms with E-state index >= 15 is 0 Å². The number of halogens is 6. The minimum atomic E-state index is -4.63. The Bertz CT molecular complexity index is 1320. The Hall–Kier alpha value is -3.61. The van der Waals surface area contributed by atoms with Crippen molar-refractivity contribution in [3.8, 4) is 11.8 Å². The number of hydrogen-bond acceptors (Lipinski definition) is 10. The van der Waals surface area contributed by atoms with Crippen molar-refractivity contribution in [1.82, 2.24) is 24.7 Å². The molecule has 3 aromatic rings. The maximum atomic E-state index is 12.6. The lowest BCUT2D eigenvalue weighted by molar-refractivity contribution is -0.383. The van der Waals surface area contributed by atoms with Gasteiger partial charge in [-0.3, -0.25) is 10.1 Å². The van der Waals surface area contributed by atoms with Gasteiger partial charge in [0.25, 0.3) is 0 Å². The number of nitrogens with one attached hydrogen (secondary N) is 2. The average Bonchev–Trinajstić information content (AvgIpc) is 3.14. The predicted octanol–water partition coefficient (Wildman–Crippen LogP) is 5.36. The van der Waals surface area contributed by atoms with Crippen molar-refractivity contribution in [3.05, 3.63) is 49.3 Å². The lowest BCUT2D eigenvalue weighted by atomic mass is 10.1. The second kappa shape index (κ2) is 11.6. The summed E-state index contributed by atoms with van der Waals surface area (Å²) in [6.45, 7) is 6.04. The topological polar surface area (TPSA) is 174 Å². The summed E-state index contributed by atoms with van der Waals surface area (Å²) in [6.07, 6.45) is -3.78. The normalized spacial score (nSPS) is 11.2. The summed E-state index contributed by atoms with van der Waals surface area (Å²) < 4.78 is 38.7. The summed E-state index contributed by atoms with van der Waals surface area (Å²) >= 11 is 17.3. The molecular weight excluding hydrogens is 564 g/mol. The first-order chi connectivity index (χ1) is 17.1. The van der Waals surface area contributed by atoms with E-state index in [0.717, 1.165) is 10.9 Å². The number of hydrogen-bond donors (Lipinski definition) is 3. The van der Waals surface area contributed by atoms with Crippen molar-refractivity contribution in [2.45, 2.75) is 32.5 Å². The van der Waals surface area contributed by atoms with Crippen LogP contribution in [0.2, 0.25) is 15.3 Å². The summed E-state index contributed by atoms with van der Waals surface area (Å²) in [6, 6.07) is 3.35. The van der Waals surface area contributed by atoms with E-state index in [1.807, 2.05) is 6.92 Å². The maximum absolute atomic E-state index is 12.6. The molecule has 0 radical (unpaired) electrons. The minimum absolute atomic E-state index is 0.0854. The summed E-state index contributed by atoms with van der Waals surface area (Å²) in [5.74, 6) is 0.268. The zero-order valence-electron chi connectivity index (χ0n) is 19.2. The van der Waals surface area contributed by atoms with Crippen molar-refractivity contribution in [2.75, 3.05) is 22.9 Å². The van der Waals surface area contributed by atoms with Gasteiger partial charge in [-0.25, -0.2) is 4.68 Å². The van der Waals surface area contributed by atoms with Gasteiger partial charge in [-0.2, -0.15) is 38.5 Å². The van der Waals surface area contributed by atoms with Crippen LogP contribution in [0.1, 0.15) is 26.3 Å². The van der Waals surface area contributed by atoms with Gasteiger partial charge in [0.1, 0.15) is 17.4 Å². The number of nitrogen functional groups attached to an aromatic ring is 1. The predicted molar refractivity (Wildman–Crippen MR) is 132 cm³/mol. The standard InChI is InChI=1S/C10H5Cl2F3N4O2.C9H13ClN6/c11-5-1-4(10(13,14)15)2-6(12)8(5)18-9(16)7(3-17-18)19(20)21;1-4-12-7-13-6(10)14-8(15-7)16-9(2,3)5-11/h1-3H,16H2;4H2,1-3H3,(H2,12,13,14,15,16). The molecule has 0 unspecified atom stereocenters. The van der Waals surface area contributed by atoms with E-state index in [1.165, 1.54) is 0 Å². The molecule has 198 valence electrons. The number of nitriles is 1. The van der Waals surface area contributed by atoms with Crippen LogP contribution >= 0.6 is 34.8 Å². The quantitative estimate of drug-likeness (QED) is 0.254. The third-order valence-corrected chi connectivity index (χ3v) is 4.93. The maximum Gasteiger partial charge on any atom is 0.416 e. The van der Waals surface area contributed by atoms with E-state index in [0.29, 0.717) is 24.6 Å². The highest BCUT2D eigenvalue weighted by Gasteiger charge is 2.33. The Labute approximate surface area is 222 Å². The van der Waals surface area contributed by atoms with E-state index < -0.39 is 33.7 Å². The Morgan fingerprint density at radius 2 is 1.73 bits per heavy atom. The number of nitro groups is 1. The highest BCUT2D eigenvalue weighted by atomic mass is 35.5. The average molecular weight is 582 g/mol. The highest BCUT2D eigenvalue weighted by molar-refractivity contribution is 6.38. The van der Waals surface area contributed by atoms with Crippen LogP contribution in [-0.2, 0) is 6.18 Å². The van der Waals surface area contributed by atoms with Crippen LogP contribution in [0.4, 0.5) is 36.6 Å². The second-order valence-electron chi connectivity index (χ2n) is 7.51. The summed E-state index contributed by atoms with van der Waals surface area (Å²) in [7, 11) is 0. The van der Waals surface area contributed by atoms with Gasteiger partial charge in [-0.1, -0.05) is 23.2 Å². The molecule has 0 atom stereocenters. The molecular formula is C19H18Cl3F3N10O2.